The maximum atomic E-state index is 12.6. The summed E-state index contributed by atoms with van der Waals surface area (Å²) in [5.41, 5.74) is 1.94. The molecule has 0 spiro atoms. The fourth-order valence-electron chi connectivity index (χ4n) is 2.35. The third-order valence-electron chi connectivity index (χ3n) is 3.43. The molecule has 1 aliphatic heterocycles. The first-order valence-corrected chi connectivity index (χ1v) is 8.10. The molecule has 0 saturated heterocycles. The van der Waals surface area contributed by atoms with Crippen LogP contribution in [0.3, 0.4) is 0 Å². The highest BCUT2D eigenvalue weighted by molar-refractivity contribution is 7.89. The topological polar surface area (TPSA) is 68.1 Å². The molecule has 0 amide bonds. The Bertz CT molecular complexity index is 765. The normalized spacial score (nSPS) is 16.7. The molecule has 1 aliphatic rings. The molecular formula is C14H16N4O2S. The molecular weight excluding hydrogens is 288 g/mol. The van der Waals surface area contributed by atoms with Gasteiger partial charge in [-0.15, -0.1) is 0 Å². The standard InChI is InChI=1S/C14H16N4O2S/c1-17-10-13(9-16-17)12-5-4-8-18(11-12)21(19,20)14-6-2-3-7-15-14/h2-3,5-7,9-10H,4,8,11H2,1H3. The predicted octanol–water partition coefficient (Wildman–Crippen LogP) is 1.29. The van der Waals surface area contributed by atoms with Gasteiger partial charge in [-0.25, -0.2) is 13.4 Å². The molecule has 0 aromatic carbocycles. The number of pyridine rings is 1. The van der Waals surface area contributed by atoms with Crippen LogP contribution in [0, 0.1) is 0 Å². The zero-order chi connectivity index (χ0) is 14.9. The second-order valence-corrected chi connectivity index (χ2v) is 6.81. The van der Waals surface area contributed by atoms with Crippen LogP contribution < -0.4 is 0 Å². The molecule has 2 aromatic rings. The molecule has 0 atom stereocenters. The smallest absolute Gasteiger partial charge is 0.260 e. The number of aryl methyl sites for hydroxylation is 1. The minimum Gasteiger partial charge on any atom is -0.275 e. The van der Waals surface area contributed by atoms with E-state index in [-0.39, 0.29) is 5.03 Å². The summed E-state index contributed by atoms with van der Waals surface area (Å²) in [6, 6.07) is 4.91. The van der Waals surface area contributed by atoms with E-state index in [2.05, 4.69) is 16.2 Å². The fraction of sp³-hybridized carbons (Fsp3) is 0.286. The SMILES string of the molecule is Cn1cc(C2=CCCN(S(=O)(=O)c3ccccn3)C2)cn1. The Labute approximate surface area is 123 Å². The first-order valence-electron chi connectivity index (χ1n) is 6.66. The van der Waals surface area contributed by atoms with Crippen molar-refractivity contribution < 1.29 is 8.42 Å². The first-order chi connectivity index (χ1) is 10.1. The molecule has 0 N–H and O–H groups in total. The van der Waals surface area contributed by atoms with Gasteiger partial charge in [0.2, 0.25) is 0 Å². The fourth-order valence-corrected chi connectivity index (χ4v) is 3.71. The predicted molar refractivity (Wildman–Crippen MR) is 78.8 cm³/mol. The lowest BCUT2D eigenvalue weighted by atomic mass is 10.1. The summed E-state index contributed by atoms with van der Waals surface area (Å²) in [6.45, 7) is 0.827. The van der Waals surface area contributed by atoms with Crippen LogP contribution >= 0.6 is 0 Å². The molecule has 0 saturated carbocycles. The van der Waals surface area contributed by atoms with E-state index >= 15 is 0 Å². The van der Waals surface area contributed by atoms with E-state index < -0.39 is 10.0 Å². The monoisotopic (exact) mass is 304 g/mol. The summed E-state index contributed by atoms with van der Waals surface area (Å²) in [7, 11) is -1.70. The van der Waals surface area contributed by atoms with Crippen LogP contribution in [-0.4, -0.2) is 40.6 Å². The first kappa shape index (κ1) is 14.0. The van der Waals surface area contributed by atoms with Crippen molar-refractivity contribution in [2.24, 2.45) is 7.05 Å². The van der Waals surface area contributed by atoms with E-state index in [9.17, 15) is 8.42 Å². The summed E-state index contributed by atoms with van der Waals surface area (Å²) < 4.78 is 28.3. The van der Waals surface area contributed by atoms with E-state index in [4.69, 9.17) is 0 Å². The van der Waals surface area contributed by atoms with Gasteiger partial charge in [-0.3, -0.25) is 4.68 Å². The quantitative estimate of drug-likeness (QED) is 0.857. The van der Waals surface area contributed by atoms with Gasteiger partial charge in [0.15, 0.2) is 5.03 Å². The van der Waals surface area contributed by atoms with Crippen LogP contribution in [0.25, 0.3) is 5.57 Å². The van der Waals surface area contributed by atoms with Crippen LogP contribution in [0.1, 0.15) is 12.0 Å². The molecule has 6 nitrogen and oxygen atoms in total. The zero-order valence-corrected chi connectivity index (χ0v) is 12.5. The Balaban J connectivity index is 1.87. The second-order valence-electron chi connectivity index (χ2n) is 4.93. The van der Waals surface area contributed by atoms with Crippen LogP contribution in [0.15, 0.2) is 47.9 Å². The Morgan fingerprint density at radius 3 is 2.81 bits per heavy atom. The largest absolute Gasteiger partial charge is 0.275 e. The van der Waals surface area contributed by atoms with Crippen molar-refractivity contribution >= 4 is 15.6 Å². The maximum Gasteiger partial charge on any atom is 0.260 e. The number of nitrogens with zero attached hydrogens (tertiary/aromatic N) is 4. The molecule has 0 unspecified atom stereocenters. The molecule has 0 bridgehead atoms. The Morgan fingerprint density at radius 1 is 1.29 bits per heavy atom. The van der Waals surface area contributed by atoms with E-state index in [1.807, 2.05) is 13.2 Å². The summed E-state index contributed by atoms with van der Waals surface area (Å²) in [5.74, 6) is 0. The highest BCUT2D eigenvalue weighted by Gasteiger charge is 2.28. The summed E-state index contributed by atoms with van der Waals surface area (Å²) in [6.07, 6.45) is 7.90. The molecule has 2 aromatic heterocycles. The third-order valence-corrected chi connectivity index (χ3v) is 5.20. The second kappa shape index (κ2) is 5.42. The van der Waals surface area contributed by atoms with Gasteiger partial charge in [-0.05, 0) is 24.1 Å². The molecule has 0 radical (unpaired) electrons. The van der Waals surface area contributed by atoms with Crippen LogP contribution in [0.5, 0.6) is 0 Å². The highest BCUT2D eigenvalue weighted by Crippen LogP contribution is 2.24. The van der Waals surface area contributed by atoms with Gasteiger partial charge in [-0.2, -0.15) is 9.40 Å². The van der Waals surface area contributed by atoms with Crippen LogP contribution in [0.4, 0.5) is 0 Å². The van der Waals surface area contributed by atoms with Crippen molar-refractivity contribution in [2.45, 2.75) is 11.4 Å². The number of hydrogen-bond acceptors (Lipinski definition) is 4. The minimum absolute atomic E-state index is 0.0948. The lowest BCUT2D eigenvalue weighted by molar-refractivity contribution is 0.440. The lowest BCUT2D eigenvalue weighted by Gasteiger charge is -2.25. The third kappa shape index (κ3) is 2.74. The van der Waals surface area contributed by atoms with Gasteiger partial charge in [0.05, 0.1) is 6.20 Å². The highest BCUT2D eigenvalue weighted by atomic mass is 32.2. The number of sulfonamides is 1. The van der Waals surface area contributed by atoms with Crippen molar-refractivity contribution in [2.75, 3.05) is 13.1 Å². The van der Waals surface area contributed by atoms with E-state index in [1.54, 1.807) is 23.0 Å². The minimum atomic E-state index is -3.54. The molecule has 21 heavy (non-hydrogen) atoms. The maximum absolute atomic E-state index is 12.6. The number of aromatic nitrogens is 3. The van der Waals surface area contributed by atoms with Crippen molar-refractivity contribution in [1.82, 2.24) is 19.1 Å². The molecule has 3 rings (SSSR count). The molecule has 110 valence electrons. The van der Waals surface area contributed by atoms with Gasteiger partial charge in [-0.1, -0.05) is 12.1 Å². The van der Waals surface area contributed by atoms with Crippen molar-refractivity contribution in [3.05, 3.63) is 48.4 Å². The Kier molecular flexibility index (Phi) is 3.60. The summed E-state index contributed by atoms with van der Waals surface area (Å²) in [4.78, 5) is 3.96. The van der Waals surface area contributed by atoms with Crippen molar-refractivity contribution in [3.63, 3.8) is 0 Å². The van der Waals surface area contributed by atoms with E-state index in [1.165, 1.54) is 16.6 Å². The van der Waals surface area contributed by atoms with Gasteiger partial charge >= 0.3 is 0 Å². The average Bonchev–Trinajstić information content (AvgIpc) is 2.95. The summed E-state index contributed by atoms with van der Waals surface area (Å²) >= 11 is 0. The summed E-state index contributed by atoms with van der Waals surface area (Å²) in [5, 5.41) is 4.23. The van der Waals surface area contributed by atoms with Gasteiger partial charge in [0, 0.05) is 38.1 Å². The van der Waals surface area contributed by atoms with E-state index in [0.29, 0.717) is 19.5 Å². The Hall–Kier alpha value is -1.99. The van der Waals surface area contributed by atoms with Crippen molar-refractivity contribution in [3.8, 4) is 0 Å². The lowest BCUT2D eigenvalue weighted by Crippen LogP contribution is -2.35. The van der Waals surface area contributed by atoms with E-state index in [0.717, 1.165) is 11.1 Å². The number of rotatable bonds is 3. The zero-order valence-electron chi connectivity index (χ0n) is 11.7. The molecule has 3 heterocycles. The van der Waals surface area contributed by atoms with Gasteiger partial charge < -0.3 is 0 Å². The number of hydrogen-bond donors (Lipinski definition) is 0. The van der Waals surface area contributed by atoms with Gasteiger partial charge in [0.1, 0.15) is 0 Å². The molecule has 7 heteroatoms. The van der Waals surface area contributed by atoms with Crippen LogP contribution in [0.2, 0.25) is 0 Å². The molecule has 0 aliphatic carbocycles. The Morgan fingerprint density at radius 2 is 2.14 bits per heavy atom. The average molecular weight is 304 g/mol. The van der Waals surface area contributed by atoms with Crippen LogP contribution in [-0.2, 0) is 17.1 Å². The van der Waals surface area contributed by atoms with Gasteiger partial charge in [0.25, 0.3) is 10.0 Å². The molecule has 0 fully saturated rings. The van der Waals surface area contributed by atoms with Crippen molar-refractivity contribution in [1.29, 1.82) is 0 Å².